The summed E-state index contributed by atoms with van der Waals surface area (Å²) in [5, 5.41) is 4.81. The third-order valence-electron chi connectivity index (χ3n) is 6.01. The first kappa shape index (κ1) is 23.3. The quantitative estimate of drug-likeness (QED) is 0.386. The molecule has 0 bridgehead atoms. The zero-order valence-corrected chi connectivity index (χ0v) is 18.5. The molecule has 0 spiro atoms. The minimum atomic E-state index is -1.66. The number of ether oxygens (including phenoxy) is 1. The first-order chi connectivity index (χ1) is 15.6. The van der Waals surface area contributed by atoms with Gasteiger partial charge < -0.3 is 19.9 Å². The Hall–Kier alpha value is -2.85. The van der Waals surface area contributed by atoms with Gasteiger partial charge in [-0.25, -0.2) is 13.2 Å². The van der Waals surface area contributed by atoms with Gasteiger partial charge in [0.15, 0.2) is 17.5 Å². The molecule has 2 N–H and O–H groups in total. The number of halogens is 4. The fourth-order valence-electron chi connectivity index (χ4n) is 4.20. The smallest absolute Gasteiger partial charge is 0.294 e. The maximum Gasteiger partial charge on any atom is 0.294 e. The lowest BCUT2D eigenvalue weighted by Crippen LogP contribution is -2.51. The van der Waals surface area contributed by atoms with Crippen LogP contribution in [0.3, 0.4) is 0 Å². The Morgan fingerprint density at radius 1 is 1.12 bits per heavy atom. The molecule has 2 amide bonds. The number of hydrogen-bond donors (Lipinski definition) is 2. The summed E-state index contributed by atoms with van der Waals surface area (Å²) >= 11 is 6.40. The van der Waals surface area contributed by atoms with Gasteiger partial charge in [-0.1, -0.05) is 11.6 Å². The van der Waals surface area contributed by atoms with Crippen molar-refractivity contribution in [2.75, 3.05) is 18.5 Å². The number of rotatable bonds is 5. The van der Waals surface area contributed by atoms with Crippen molar-refractivity contribution < 1.29 is 32.3 Å². The van der Waals surface area contributed by atoms with Crippen molar-refractivity contribution in [1.29, 1.82) is 0 Å². The number of amides is 2. The van der Waals surface area contributed by atoms with Crippen molar-refractivity contribution in [2.24, 2.45) is 0 Å². The SMILES string of the molecule is CC1(NC(=O)C(=O)c2c(Cl)c(C(=O)Nc3cc(F)c(F)c(F)c3)c3n2CCC3)CCOCC1. The van der Waals surface area contributed by atoms with E-state index in [2.05, 4.69) is 10.6 Å². The zero-order chi connectivity index (χ0) is 23.9. The van der Waals surface area contributed by atoms with E-state index in [1.807, 2.05) is 6.92 Å². The van der Waals surface area contributed by atoms with Gasteiger partial charge >= 0.3 is 0 Å². The first-order valence-corrected chi connectivity index (χ1v) is 10.8. The second-order valence-electron chi connectivity index (χ2n) is 8.40. The molecule has 2 aromatic rings. The van der Waals surface area contributed by atoms with Crippen molar-refractivity contribution in [1.82, 2.24) is 9.88 Å². The second-order valence-corrected chi connectivity index (χ2v) is 8.78. The summed E-state index contributed by atoms with van der Waals surface area (Å²) in [7, 11) is 0. The van der Waals surface area contributed by atoms with Gasteiger partial charge in [-0.3, -0.25) is 14.4 Å². The van der Waals surface area contributed by atoms with Gasteiger partial charge in [0.1, 0.15) is 5.69 Å². The van der Waals surface area contributed by atoms with Crippen LogP contribution in [0.1, 0.15) is 52.7 Å². The van der Waals surface area contributed by atoms with Crippen LogP contribution in [0.2, 0.25) is 5.02 Å². The Balaban J connectivity index is 1.62. The number of ketones is 1. The van der Waals surface area contributed by atoms with Crippen LogP contribution in [0.4, 0.5) is 18.9 Å². The topological polar surface area (TPSA) is 89.4 Å². The molecule has 0 atom stereocenters. The number of aromatic nitrogens is 1. The molecule has 1 aromatic carbocycles. The van der Waals surface area contributed by atoms with Crippen molar-refractivity contribution in [3.05, 3.63) is 51.6 Å². The Morgan fingerprint density at radius 3 is 2.39 bits per heavy atom. The van der Waals surface area contributed by atoms with Crippen LogP contribution < -0.4 is 10.6 Å². The number of hydrogen-bond acceptors (Lipinski definition) is 4. The molecule has 7 nitrogen and oxygen atoms in total. The number of nitrogens with one attached hydrogen (secondary N) is 2. The Bertz CT molecular complexity index is 1140. The monoisotopic (exact) mass is 483 g/mol. The van der Waals surface area contributed by atoms with Crippen LogP contribution in [-0.2, 0) is 22.5 Å². The van der Waals surface area contributed by atoms with Crippen LogP contribution in [0.5, 0.6) is 0 Å². The summed E-state index contributed by atoms with van der Waals surface area (Å²) in [5.74, 6) is -7.14. The van der Waals surface area contributed by atoms with Crippen molar-refractivity contribution in [3.8, 4) is 0 Å². The Labute approximate surface area is 192 Å². The third kappa shape index (κ3) is 4.37. The number of fused-ring (bicyclic) bond motifs is 1. The minimum absolute atomic E-state index is 0.0623. The van der Waals surface area contributed by atoms with E-state index in [4.69, 9.17) is 16.3 Å². The van der Waals surface area contributed by atoms with E-state index in [0.29, 0.717) is 63.3 Å². The van der Waals surface area contributed by atoms with Gasteiger partial charge in [-0.2, -0.15) is 0 Å². The molecule has 176 valence electrons. The summed E-state index contributed by atoms with van der Waals surface area (Å²) in [5.41, 5.74) is -0.654. The molecule has 1 saturated heterocycles. The molecule has 0 unspecified atom stereocenters. The molecular formula is C22H21ClF3N3O4. The second kappa shape index (κ2) is 8.83. The molecule has 33 heavy (non-hydrogen) atoms. The molecule has 0 saturated carbocycles. The first-order valence-electron chi connectivity index (χ1n) is 10.4. The van der Waals surface area contributed by atoms with E-state index < -0.39 is 40.6 Å². The van der Waals surface area contributed by atoms with Crippen LogP contribution in [0, 0.1) is 17.5 Å². The maximum atomic E-state index is 13.5. The van der Waals surface area contributed by atoms with Crippen molar-refractivity contribution in [3.63, 3.8) is 0 Å². The van der Waals surface area contributed by atoms with Crippen LogP contribution in [-0.4, -0.2) is 40.9 Å². The van der Waals surface area contributed by atoms with E-state index in [9.17, 15) is 27.6 Å². The van der Waals surface area contributed by atoms with Gasteiger partial charge in [0.25, 0.3) is 17.6 Å². The predicted molar refractivity (Wildman–Crippen MR) is 113 cm³/mol. The summed E-state index contributed by atoms with van der Waals surface area (Å²) in [6.45, 7) is 3.12. The number of benzene rings is 1. The number of Topliss-reactive ketones (excluding diaryl/α,β-unsaturated/α-hetero) is 1. The molecule has 1 aromatic heterocycles. The highest BCUT2D eigenvalue weighted by atomic mass is 35.5. The van der Waals surface area contributed by atoms with Crippen LogP contribution in [0.15, 0.2) is 12.1 Å². The molecule has 2 aliphatic heterocycles. The van der Waals surface area contributed by atoms with Crippen molar-refractivity contribution >= 4 is 34.9 Å². The van der Waals surface area contributed by atoms with E-state index in [1.54, 1.807) is 0 Å². The molecule has 3 heterocycles. The maximum absolute atomic E-state index is 13.5. The fraction of sp³-hybridized carbons (Fsp3) is 0.409. The number of anilines is 1. The van der Waals surface area contributed by atoms with Crippen LogP contribution in [0.25, 0.3) is 0 Å². The lowest BCUT2D eigenvalue weighted by molar-refractivity contribution is -0.119. The van der Waals surface area contributed by atoms with Gasteiger partial charge in [0.05, 0.1) is 10.6 Å². The summed E-state index contributed by atoms with van der Waals surface area (Å²) in [6.07, 6.45) is 2.12. The molecule has 1 fully saturated rings. The van der Waals surface area contributed by atoms with Gasteiger partial charge in [0, 0.05) is 48.8 Å². The third-order valence-corrected chi connectivity index (χ3v) is 6.38. The van der Waals surface area contributed by atoms with Gasteiger partial charge in [0.2, 0.25) is 0 Å². The average Bonchev–Trinajstić information content (AvgIpc) is 3.31. The summed E-state index contributed by atoms with van der Waals surface area (Å²) < 4.78 is 47.1. The van der Waals surface area contributed by atoms with Gasteiger partial charge in [-0.05, 0) is 32.6 Å². The molecular weight excluding hydrogens is 463 g/mol. The van der Waals surface area contributed by atoms with Crippen LogP contribution >= 0.6 is 11.6 Å². The average molecular weight is 484 g/mol. The van der Waals surface area contributed by atoms with Crippen molar-refractivity contribution in [2.45, 2.75) is 44.7 Å². The molecule has 0 aliphatic carbocycles. The van der Waals surface area contributed by atoms with E-state index in [-0.39, 0.29) is 22.0 Å². The zero-order valence-electron chi connectivity index (χ0n) is 17.7. The molecule has 0 radical (unpaired) electrons. The number of carbonyl (C=O) groups is 3. The Morgan fingerprint density at radius 2 is 1.76 bits per heavy atom. The highest BCUT2D eigenvalue weighted by Gasteiger charge is 2.37. The fourth-order valence-corrected chi connectivity index (χ4v) is 4.59. The largest absolute Gasteiger partial charge is 0.381 e. The standard InChI is InChI=1S/C22H21ClF3N3O4/c1-22(4-7-33-8-5-22)28-21(32)19(30)18-16(23)15(14-3-2-6-29(14)18)20(31)27-11-9-12(24)17(26)13(25)10-11/h9-10H,2-8H2,1H3,(H,27,31)(H,28,32). The highest BCUT2D eigenvalue weighted by molar-refractivity contribution is 6.48. The van der Waals surface area contributed by atoms with E-state index in [1.165, 1.54) is 4.57 Å². The molecule has 4 rings (SSSR count). The predicted octanol–water partition coefficient (Wildman–Crippen LogP) is 3.63. The number of carbonyl (C=O) groups excluding carboxylic acids is 3. The Kier molecular flexibility index (Phi) is 6.24. The van der Waals surface area contributed by atoms with E-state index in [0.717, 1.165) is 0 Å². The lowest BCUT2D eigenvalue weighted by atomic mass is 9.92. The molecule has 2 aliphatic rings. The lowest BCUT2D eigenvalue weighted by Gasteiger charge is -2.34. The van der Waals surface area contributed by atoms with E-state index >= 15 is 0 Å². The summed E-state index contributed by atoms with van der Waals surface area (Å²) in [6, 6.07) is 1.27. The van der Waals surface area contributed by atoms with Gasteiger partial charge in [-0.15, -0.1) is 0 Å². The minimum Gasteiger partial charge on any atom is -0.381 e. The molecule has 11 heteroatoms. The number of nitrogens with zero attached hydrogens (tertiary/aromatic N) is 1. The normalized spacial score (nSPS) is 16.9. The highest BCUT2D eigenvalue weighted by Crippen LogP contribution is 2.34. The summed E-state index contributed by atoms with van der Waals surface area (Å²) in [4.78, 5) is 38.7.